The van der Waals surface area contributed by atoms with Gasteiger partial charge in [0, 0.05) is 6.54 Å². The Labute approximate surface area is 127 Å². The van der Waals surface area contributed by atoms with Gasteiger partial charge in [-0.15, -0.1) is 0 Å². The summed E-state index contributed by atoms with van der Waals surface area (Å²) in [4.78, 5) is 25.6. The van der Waals surface area contributed by atoms with Crippen LogP contribution in [0.1, 0.15) is 60.8 Å². The van der Waals surface area contributed by atoms with Crippen LogP contribution in [0.4, 0.5) is 4.79 Å². The number of hydrogen-bond donors (Lipinski definition) is 1. The molecule has 0 saturated heterocycles. The van der Waals surface area contributed by atoms with Gasteiger partial charge in [-0.2, -0.15) is 0 Å². The number of carbonyl (C=O) groups is 2. The van der Waals surface area contributed by atoms with Crippen LogP contribution >= 0.6 is 0 Å². The SMILES string of the molecule is CCCN(C(=O)OC(C)(C)C)C1(C(=O)O)CC(C(C)C)C1. The molecule has 1 aliphatic rings. The molecule has 122 valence electrons. The van der Waals surface area contributed by atoms with E-state index in [1.807, 2.05) is 6.92 Å². The molecule has 0 atom stereocenters. The number of rotatable bonds is 5. The number of nitrogens with zero attached hydrogens (tertiary/aromatic N) is 1. The Hall–Kier alpha value is -1.26. The maximum absolute atomic E-state index is 12.4. The molecule has 1 rings (SSSR count). The minimum absolute atomic E-state index is 0.350. The Bertz CT molecular complexity index is 392. The summed E-state index contributed by atoms with van der Waals surface area (Å²) in [6.07, 6.45) is 1.22. The van der Waals surface area contributed by atoms with Gasteiger partial charge in [0.15, 0.2) is 0 Å². The van der Waals surface area contributed by atoms with Crippen molar-refractivity contribution >= 4 is 12.1 Å². The molecule has 1 amide bonds. The van der Waals surface area contributed by atoms with E-state index >= 15 is 0 Å². The zero-order valence-corrected chi connectivity index (χ0v) is 14.1. The smallest absolute Gasteiger partial charge is 0.411 e. The van der Waals surface area contributed by atoms with Gasteiger partial charge in [0.1, 0.15) is 11.1 Å². The molecule has 21 heavy (non-hydrogen) atoms. The lowest BCUT2D eigenvalue weighted by Crippen LogP contribution is -2.65. The molecular weight excluding hydrogens is 270 g/mol. The summed E-state index contributed by atoms with van der Waals surface area (Å²) >= 11 is 0. The zero-order valence-electron chi connectivity index (χ0n) is 14.1. The molecular formula is C16H29NO4. The average molecular weight is 299 g/mol. The fraction of sp³-hybridized carbons (Fsp3) is 0.875. The van der Waals surface area contributed by atoms with Crippen molar-refractivity contribution in [2.24, 2.45) is 11.8 Å². The topological polar surface area (TPSA) is 66.8 Å². The highest BCUT2D eigenvalue weighted by Gasteiger charge is 2.57. The lowest BCUT2D eigenvalue weighted by molar-refractivity contribution is -0.163. The molecule has 0 aromatic rings. The van der Waals surface area contributed by atoms with Crippen molar-refractivity contribution in [2.45, 2.75) is 71.9 Å². The maximum atomic E-state index is 12.4. The van der Waals surface area contributed by atoms with Crippen molar-refractivity contribution in [3.05, 3.63) is 0 Å². The molecule has 0 aromatic carbocycles. The van der Waals surface area contributed by atoms with Crippen molar-refractivity contribution in [3.8, 4) is 0 Å². The quantitative estimate of drug-likeness (QED) is 0.843. The molecule has 1 aliphatic carbocycles. The fourth-order valence-electron chi connectivity index (χ4n) is 2.81. The highest BCUT2D eigenvalue weighted by Crippen LogP contribution is 2.46. The lowest BCUT2D eigenvalue weighted by Gasteiger charge is -2.52. The fourth-order valence-corrected chi connectivity index (χ4v) is 2.81. The van der Waals surface area contributed by atoms with Crippen molar-refractivity contribution in [3.63, 3.8) is 0 Å². The summed E-state index contributed by atoms with van der Waals surface area (Å²) in [6, 6.07) is 0. The number of amides is 1. The third kappa shape index (κ3) is 3.89. The molecule has 5 heteroatoms. The second-order valence-corrected chi connectivity index (χ2v) is 7.38. The first-order chi connectivity index (χ1) is 9.53. The standard InChI is InChI=1S/C16H29NO4/c1-7-8-17(14(20)21-15(4,5)6)16(13(18)19)9-12(10-16)11(2)3/h11-12H,7-10H2,1-6H3,(H,18,19). The van der Waals surface area contributed by atoms with Crippen LogP contribution in [0, 0.1) is 11.8 Å². The van der Waals surface area contributed by atoms with Crippen LogP contribution in [0.25, 0.3) is 0 Å². The summed E-state index contributed by atoms with van der Waals surface area (Å²) in [5.74, 6) is -0.138. The van der Waals surface area contributed by atoms with Gasteiger partial charge in [-0.25, -0.2) is 9.59 Å². The van der Waals surface area contributed by atoms with Gasteiger partial charge in [-0.1, -0.05) is 20.8 Å². The molecule has 1 fully saturated rings. The van der Waals surface area contributed by atoms with Gasteiger partial charge >= 0.3 is 12.1 Å². The van der Waals surface area contributed by atoms with E-state index in [1.165, 1.54) is 4.90 Å². The Morgan fingerprint density at radius 2 is 1.86 bits per heavy atom. The van der Waals surface area contributed by atoms with E-state index < -0.39 is 23.2 Å². The van der Waals surface area contributed by atoms with Crippen molar-refractivity contribution in [1.82, 2.24) is 4.90 Å². The highest BCUT2D eigenvalue weighted by atomic mass is 16.6. The minimum Gasteiger partial charge on any atom is -0.479 e. The molecule has 0 unspecified atom stereocenters. The third-order valence-corrected chi connectivity index (χ3v) is 4.12. The third-order valence-electron chi connectivity index (χ3n) is 4.12. The van der Waals surface area contributed by atoms with Crippen LogP contribution in [0.3, 0.4) is 0 Å². The van der Waals surface area contributed by atoms with Crippen LogP contribution in [0.2, 0.25) is 0 Å². The number of carbonyl (C=O) groups excluding carboxylic acids is 1. The Morgan fingerprint density at radius 3 is 2.19 bits per heavy atom. The van der Waals surface area contributed by atoms with Gasteiger partial charge in [0.05, 0.1) is 0 Å². The van der Waals surface area contributed by atoms with Gasteiger partial charge in [-0.3, -0.25) is 4.90 Å². The molecule has 1 N–H and O–H groups in total. The van der Waals surface area contributed by atoms with Crippen LogP contribution in [-0.2, 0) is 9.53 Å². The average Bonchev–Trinajstić information content (AvgIpc) is 2.22. The molecule has 1 saturated carbocycles. The lowest BCUT2D eigenvalue weighted by atomic mass is 9.63. The van der Waals surface area contributed by atoms with E-state index in [2.05, 4.69) is 13.8 Å². The molecule has 0 heterocycles. The Kier molecular flexibility index (Phi) is 5.29. The monoisotopic (exact) mass is 299 g/mol. The molecule has 0 bridgehead atoms. The molecule has 5 nitrogen and oxygen atoms in total. The van der Waals surface area contributed by atoms with Crippen LogP contribution in [0.5, 0.6) is 0 Å². The summed E-state index contributed by atoms with van der Waals surface area (Å²) in [5, 5.41) is 9.68. The second-order valence-electron chi connectivity index (χ2n) is 7.38. The number of hydrogen-bond acceptors (Lipinski definition) is 3. The van der Waals surface area contributed by atoms with E-state index in [1.54, 1.807) is 20.8 Å². The van der Waals surface area contributed by atoms with E-state index in [4.69, 9.17) is 4.74 Å². The van der Waals surface area contributed by atoms with Gasteiger partial charge in [-0.05, 0) is 51.9 Å². The first kappa shape index (κ1) is 17.8. The van der Waals surface area contributed by atoms with Crippen LogP contribution < -0.4 is 0 Å². The predicted octanol–water partition coefficient (Wildman–Crippen LogP) is 3.52. The first-order valence-corrected chi connectivity index (χ1v) is 7.77. The second kappa shape index (κ2) is 6.24. The largest absolute Gasteiger partial charge is 0.479 e. The van der Waals surface area contributed by atoms with E-state index in [9.17, 15) is 14.7 Å². The maximum Gasteiger partial charge on any atom is 0.411 e. The van der Waals surface area contributed by atoms with Crippen molar-refractivity contribution in [2.75, 3.05) is 6.54 Å². The predicted molar refractivity (Wildman–Crippen MR) is 81.2 cm³/mol. The number of carboxylic acids is 1. The van der Waals surface area contributed by atoms with Crippen molar-refractivity contribution in [1.29, 1.82) is 0 Å². The Morgan fingerprint density at radius 1 is 1.33 bits per heavy atom. The van der Waals surface area contributed by atoms with Gasteiger partial charge in [0.2, 0.25) is 0 Å². The molecule has 0 radical (unpaired) electrons. The van der Waals surface area contributed by atoms with Crippen molar-refractivity contribution < 1.29 is 19.4 Å². The summed E-state index contributed by atoms with van der Waals surface area (Å²) in [7, 11) is 0. The highest BCUT2D eigenvalue weighted by molar-refractivity contribution is 5.85. The van der Waals surface area contributed by atoms with Gasteiger partial charge < -0.3 is 9.84 Å². The summed E-state index contributed by atoms with van der Waals surface area (Å²) in [6.45, 7) is 11.9. The zero-order chi connectivity index (χ0) is 16.4. The number of aliphatic carboxylic acids is 1. The number of ether oxygens (including phenoxy) is 1. The normalized spacial score (nSPS) is 25.4. The molecule has 0 spiro atoms. The van der Waals surface area contributed by atoms with E-state index in [0.29, 0.717) is 37.6 Å². The summed E-state index contributed by atoms with van der Waals surface area (Å²) < 4.78 is 5.40. The van der Waals surface area contributed by atoms with E-state index in [0.717, 1.165) is 0 Å². The van der Waals surface area contributed by atoms with Crippen LogP contribution in [-0.4, -0.2) is 39.8 Å². The summed E-state index contributed by atoms with van der Waals surface area (Å²) in [5.41, 5.74) is -1.71. The molecule has 0 aromatic heterocycles. The first-order valence-electron chi connectivity index (χ1n) is 7.77. The van der Waals surface area contributed by atoms with Crippen LogP contribution in [0.15, 0.2) is 0 Å². The Balaban J connectivity index is 2.96. The molecule has 0 aliphatic heterocycles. The van der Waals surface area contributed by atoms with Gasteiger partial charge in [0.25, 0.3) is 0 Å². The van der Waals surface area contributed by atoms with E-state index in [-0.39, 0.29) is 0 Å². The minimum atomic E-state index is -1.09. The number of carboxylic acid groups (broad SMARTS) is 1.